The molecule has 0 saturated heterocycles. The van der Waals surface area contributed by atoms with E-state index in [2.05, 4.69) is 41.0 Å². The van der Waals surface area contributed by atoms with Crippen molar-refractivity contribution in [3.63, 3.8) is 0 Å². The first kappa shape index (κ1) is 23.1. The van der Waals surface area contributed by atoms with Crippen LogP contribution in [0.5, 0.6) is 0 Å². The van der Waals surface area contributed by atoms with Crippen LogP contribution in [-0.4, -0.2) is 42.2 Å². The van der Waals surface area contributed by atoms with E-state index in [1.165, 1.54) is 22.7 Å². The normalized spacial score (nSPS) is 17.3. The Morgan fingerprint density at radius 3 is 1.66 bits per heavy atom. The van der Waals surface area contributed by atoms with Gasteiger partial charge in [0.1, 0.15) is 10.0 Å². The van der Waals surface area contributed by atoms with Crippen LogP contribution in [-0.2, 0) is 22.4 Å². The molecule has 1 saturated carbocycles. The monoisotopic (exact) mass is 506 g/mol. The van der Waals surface area contributed by atoms with Crippen molar-refractivity contribution in [1.82, 2.24) is 30.4 Å². The van der Waals surface area contributed by atoms with Gasteiger partial charge in [-0.1, -0.05) is 34.8 Å². The van der Waals surface area contributed by atoms with E-state index < -0.39 is 0 Å². The fourth-order valence-corrected chi connectivity index (χ4v) is 5.81. The predicted molar refractivity (Wildman–Crippen MR) is 132 cm³/mol. The quantitative estimate of drug-likeness (QED) is 0.370. The van der Waals surface area contributed by atoms with Gasteiger partial charge in [0.25, 0.3) is 0 Å². The van der Waals surface area contributed by atoms with Gasteiger partial charge in [-0.25, -0.2) is 0 Å². The van der Waals surface area contributed by atoms with Gasteiger partial charge in [0, 0.05) is 35.6 Å². The fourth-order valence-electron chi connectivity index (χ4n) is 3.99. The molecule has 4 aromatic heterocycles. The van der Waals surface area contributed by atoms with Crippen LogP contribution in [0.15, 0.2) is 48.8 Å². The molecule has 2 amide bonds. The minimum absolute atomic E-state index is 0.165. The van der Waals surface area contributed by atoms with Crippen LogP contribution in [0.4, 0.5) is 10.3 Å². The van der Waals surface area contributed by atoms with Gasteiger partial charge in [-0.2, -0.15) is 0 Å². The van der Waals surface area contributed by atoms with Gasteiger partial charge in [-0.3, -0.25) is 19.6 Å². The summed E-state index contributed by atoms with van der Waals surface area (Å²) >= 11 is 2.82. The van der Waals surface area contributed by atoms with E-state index in [0.29, 0.717) is 21.7 Å². The first-order valence-corrected chi connectivity index (χ1v) is 12.8. The minimum atomic E-state index is -0.165. The van der Waals surface area contributed by atoms with E-state index >= 15 is 0 Å². The number of carbonyl (C=O) groups excluding carboxylic acids is 2. The lowest BCUT2D eigenvalue weighted by atomic mass is 10.1. The maximum atomic E-state index is 12.3. The Morgan fingerprint density at radius 1 is 0.743 bits per heavy atom. The average molecular weight is 507 g/mol. The van der Waals surface area contributed by atoms with Crippen LogP contribution in [0, 0.1) is 0 Å². The summed E-state index contributed by atoms with van der Waals surface area (Å²) in [6, 6.07) is 11.0. The van der Waals surface area contributed by atoms with E-state index in [1.54, 1.807) is 12.4 Å². The molecule has 178 valence electrons. The lowest BCUT2D eigenvalue weighted by molar-refractivity contribution is -0.116. The number of nitrogens with one attached hydrogen (secondary N) is 2. The SMILES string of the molecule is O=C(Cc1ccccn1)Nc1nnc([C@@H]2CC[C@H](c3nnc(NC(=O)Cc4ccccn4)s3)C2)s1. The molecule has 4 heterocycles. The van der Waals surface area contributed by atoms with Crippen LogP contribution in [0.2, 0.25) is 0 Å². The molecule has 0 aromatic carbocycles. The molecule has 0 bridgehead atoms. The highest BCUT2D eigenvalue weighted by molar-refractivity contribution is 7.15. The Kier molecular flexibility index (Phi) is 7.09. The number of nitrogens with zero attached hydrogens (tertiary/aromatic N) is 6. The summed E-state index contributed by atoms with van der Waals surface area (Å²) in [5.41, 5.74) is 1.41. The molecular weight excluding hydrogens is 484 g/mol. The third-order valence-electron chi connectivity index (χ3n) is 5.64. The van der Waals surface area contributed by atoms with Gasteiger partial charge in [0.2, 0.25) is 22.1 Å². The highest BCUT2D eigenvalue weighted by Gasteiger charge is 2.32. The molecule has 0 radical (unpaired) electrons. The summed E-state index contributed by atoms with van der Waals surface area (Å²) < 4.78 is 0. The van der Waals surface area contributed by atoms with Crippen molar-refractivity contribution in [3.8, 4) is 0 Å². The number of rotatable bonds is 8. The van der Waals surface area contributed by atoms with Gasteiger partial charge < -0.3 is 10.6 Å². The number of anilines is 2. The molecule has 2 atom stereocenters. The Labute approximate surface area is 209 Å². The second kappa shape index (κ2) is 10.7. The fraction of sp³-hybridized carbons (Fsp3) is 0.304. The number of hydrogen-bond donors (Lipinski definition) is 2. The smallest absolute Gasteiger partial charge is 0.232 e. The number of amides is 2. The molecule has 1 aliphatic carbocycles. The number of pyridine rings is 2. The number of aromatic nitrogens is 6. The Morgan fingerprint density at radius 2 is 1.23 bits per heavy atom. The third kappa shape index (κ3) is 6.08. The summed E-state index contributed by atoms with van der Waals surface area (Å²) in [6.07, 6.45) is 6.52. The topological polar surface area (TPSA) is 136 Å². The van der Waals surface area contributed by atoms with Gasteiger partial charge >= 0.3 is 0 Å². The lowest BCUT2D eigenvalue weighted by Gasteiger charge is -2.05. The summed E-state index contributed by atoms with van der Waals surface area (Å²) in [6.45, 7) is 0. The Balaban J connectivity index is 1.13. The van der Waals surface area contributed by atoms with Crippen molar-refractivity contribution >= 4 is 44.8 Å². The van der Waals surface area contributed by atoms with Crippen molar-refractivity contribution in [3.05, 3.63) is 70.2 Å². The number of carbonyl (C=O) groups is 2. The van der Waals surface area contributed by atoms with Crippen LogP contribution >= 0.6 is 22.7 Å². The zero-order valence-corrected chi connectivity index (χ0v) is 20.3. The van der Waals surface area contributed by atoms with E-state index in [1.807, 2.05) is 36.4 Å². The Bertz CT molecular complexity index is 1200. The average Bonchev–Trinajstić information content (AvgIpc) is 3.61. The predicted octanol–water partition coefficient (Wildman–Crippen LogP) is 3.59. The highest BCUT2D eigenvalue weighted by atomic mass is 32.1. The van der Waals surface area contributed by atoms with Crippen molar-refractivity contribution in [2.45, 2.75) is 43.9 Å². The summed E-state index contributed by atoms with van der Waals surface area (Å²) in [5, 5.41) is 25.4. The van der Waals surface area contributed by atoms with E-state index in [4.69, 9.17) is 0 Å². The second-order valence-electron chi connectivity index (χ2n) is 8.19. The standard InChI is InChI=1S/C23H22N8O2S2/c32-18(12-16-5-1-3-9-24-16)26-22-30-28-20(34-22)14-7-8-15(11-14)21-29-31-23(35-21)27-19(33)13-17-6-2-4-10-25-17/h1-6,9-10,14-15H,7-8,11-13H2,(H,26,30,32)(H,27,31,33)/t14-,15+. The summed E-state index contributed by atoms with van der Waals surface area (Å²) in [7, 11) is 0. The van der Waals surface area contributed by atoms with E-state index in [0.717, 1.165) is 29.3 Å². The summed E-state index contributed by atoms with van der Waals surface area (Å²) in [5.74, 6) is 0.180. The van der Waals surface area contributed by atoms with E-state index in [-0.39, 0.29) is 36.5 Å². The highest BCUT2D eigenvalue weighted by Crippen LogP contribution is 2.45. The van der Waals surface area contributed by atoms with Gasteiger partial charge in [0.05, 0.1) is 12.8 Å². The van der Waals surface area contributed by atoms with Crippen LogP contribution < -0.4 is 10.6 Å². The molecule has 0 spiro atoms. The van der Waals surface area contributed by atoms with Crippen molar-refractivity contribution in [1.29, 1.82) is 0 Å². The molecular formula is C23H22N8O2S2. The van der Waals surface area contributed by atoms with Gasteiger partial charge in [0.15, 0.2) is 0 Å². The van der Waals surface area contributed by atoms with Crippen LogP contribution in [0.25, 0.3) is 0 Å². The molecule has 4 aromatic rings. The second-order valence-corrected chi connectivity index (χ2v) is 10.2. The van der Waals surface area contributed by atoms with Crippen molar-refractivity contribution in [2.24, 2.45) is 0 Å². The van der Waals surface area contributed by atoms with Crippen LogP contribution in [0.1, 0.15) is 52.5 Å². The first-order valence-electron chi connectivity index (χ1n) is 11.2. The zero-order valence-electron chi connectivity index (χ0n) is 18.6. The molecule has 2 N–H and O–H groups in total. The first-order chi connectivity index (χ1) is 17.1. The molecule has 1 fully saturated rings. The number of hydrogen-bond acceptors (Lipinski definition) is 10. The van der Waals surface area contributed by atoms with Gasteiger partial charge in [-0.15, -0.1) is 20.4 Å². The molecule has 0 unspecified atom stereocenters. The molecule has 12 heteroatoms. The minimum Gasteiger partial charge on any atom is -0.300 e. The molecule has 5 rings (SSSR count). The van der Waals surface area contributed by atoms with E-state index in [9.17, 15) is 9.59 Å². The molecule has 10 nitrogen and oxygen atoms in total. The van der Waals surface area contributed by atoms with Crippen molar-refractivity contribution < 1.29 is 9.59 Å². The maximum Gasteiger partial charge on any atom is 0.232 e. The molecule has 1 aliphatic rings. The maximum absolute atomic E-state index is 12.3. The Hall–Kier alpha value is -3.64. The van der Waals surface area contributed by atoms with Gasteiger partial charge in [-0.05, 0) is 43.5 Å². The molecule has 0 aliphatic heterocycles. The zero-order chi connectivity index (χ0) is 24.0. The van der Waals surface area contributed by atoms with Crippen molar-refractivity contribution in [2.75, 3.05) is 10.6 Å². The lowest BCUT2D eigenvalue weighted by Crippen LogP contribution is -2.14. The van der Waals surface area contributed by atoms with Crippen LogP contribution in [0.3, 0.4) is 0 Å². The summed E-state index contributed by atoms with van der Waals surface area (Å²) in [4.78, 5) is 32.9. The largest absolute Gasteiger partial charge is 0.300 e. The third-order valence-corrected chi connectivity index (χ3v) is 7.64. The molecule has 35 heavy (non-hydrogen) atoms.